The highest BCUT2D eigenvalue weighted by Crippen LogP contribution is 2.21. The monoisotopic (exact) mass is 202 g/mol. The highest BCUT2D eigenvalue weighted by molar-refractivity contribution is 5.21. The van der Waals surface area contributed by atoms with Gasteiger partial charge in [0.15, 0.2) is 0 Å². The second-order valence-corrected chi connectivity index (χ2v) is 3.79. The van der Waals surface area contributed by atoms with Crippen molar-refractivity contribution in [1.29, 1.82) is 5.26 Å². The van der Waals surface area contributed by atoms with Crippen molar-refractivity contribution in [3.05, 3.63) is 30.1 Å². The number of hydrogen-bond donors (Lipinski definition) is 1. The van der Waals surface area contributed by atoms with E-state index in [1.165, 1.54) is 0 Å². The summed E-state index contributed by atoms with van der Waals surface area (Å²) in [5.41, 5.74) is 1.02. The van der Waals surface area contributed by atoms with Crippen LogP contribution < -0.4 is 5.32 Å². The Morgan fingerprint density at radius 3 is 2.67 bits per heavy atom. The van der Waals surface area contributed by atoms with Crippen LogP contribution in [-0.2, 0) is 0 Å². The molecule has 2 rings (SSSR count). The van der Waals surface area contributed by atoms with Crippen molar-refractivity contribution in [1.82, 2.24) is 15.2 Å². The SMILES string of the molecule is CN(C1CNC1)[C@@H](C#N)c1ccncc1. The van der Waals surface area contributed by atoms with E-state index >= 15 is 0 Å². The normalized spacial score (nSPS) is 18.2. The van der Waals surface area contributed by atoms with Crippen LogP contribution in [0.1, 0.15) is 11.6 Å². The molecule has 1 aromatic rings. The van der Waals surface area contributed by atoms with Gasteiger partial charge in [-0.05, 0) is 24.7 Å². The minimum atomic E-state index is -0.167. The van der Waals surface area contributed by atoms with E-state index in [-0.39, 0.29) is 6.04 Å². The van der Waals surface area contributed by atoms with E-state index < -0.39 is 0 Å². The third-order valence-corrected chi connectivity index (χ3v) is 2.89. The van der Waals surface area contributed by atoms with Crippen molar-refractivity contribution in [3.63, 3.8) is 0 Å². The van der Waals surface area contributed by atoms with Gasteiger partial charge in [-0.2, -0.15) is 5.26 Å². The predicted octanol–water partition coefficient (Wildman–Crippen LogP) is 0.550. The smallest absolute Gasteiger partial charge is 0.124 e. The van der Waals surface area contributed by atoms with Crippen LogP contribution in [0.15, 0.2) is 24.5 Å². The highest BCUT2D eigenvalue weighted by atomic mass is 15.2. The number of likely N-dealkylation sites (N-methyl/N-ethyl adjacent to an activating group) is 1. The van der Waals surface area contributed by atoms with Crippen molar-refractivity contribution in [2.45, 2.75) is 12.1 Å². The van der Waals surface area contributed by atoms with Gasteiger partial charge in [-0.25, -0.2) is 0 Å². The van der Waals surface area contributed by atoms with Crippen LogP contribution in [-0.4, -0.2) is 36.1 Å². The number of nitrogens with zero attached hydrogens (tertiary/aromatic N) is 3. The van der Waals surface area contributed by atoms with Gasteiger partial charge in [-0.1, -0.05) is 0 Å². The van der Waals surface area contributed by atoms with Gasteiger partial charge in [0.2, 0.25) is 0 Å². The average Bonchev–Trinajstić information content (AvgIpc) is 2.18. The molecule has 1 aromatic heterocycles. The average molecular weight is 202 g/mol. The van der Waals surface area contributed by atoms with E-state index in [2.05, 4.69) is 21.3 Å². The highest BCUT2D eigenvalue weighted by Gasteiger charge is 2.27. The maximum atomic E-state index is 9.19. The summed E-state index contributed by atoms with van der Waals surface area (Å²) in [7, 11) is 2.00. The zero-order valence-corrected chi connectivity index (χ0v) is 8.72. The molecule has 1 atom stereocenters. The third-order valence-electron chi connectivity index (χ3n) is 2.89. The Morgan fingerprint density at radius 2 is 2.20 bits per heavy atom. The molecule has 1 saturated heterocycles. The first-order chi connectivity index (χ1) is 7.33. The Balaban J connectivity index is 2.14. The van der Waals surface area contributed by atoms with Gasteiger partial charge in [0.05, 0.1) is 6.07 Å². The number of aromatic nitrogens is 1. The lowest BCUT2D eigenvalue weighted by molar-refractivity contribution is 0.153. The van der Waals surface area contributed by atoms with E-state index in [0.29, 0.717) is 6.04 Å². The first kappa shape index (κ1) is 10.1. The maximum Gasteiger partial charge on any atom is 0.124 e. The van der Waals surface area contributed by atoms with Gasteiger partial charge in [0.25, 0.3) is 0 Å². The molecule has 1 N–H and O–H groups in total. The fourth-order valence-corrected chi connectivity index (χ4v) is 1.72. The lowest BCUT2D eigenvalue weighted by Gasteiger charge is -2.38. The van der Waals surface area contributed by atoms with E-state index in [0.717, 1.165) is 18.7 Å². The van der Waals surface area contributed by atoms with Crippen molar-refractivity contribution in [2.75, 3.05) is 20.1 Å². The predicted molar refractivity (Wildman–Crippen MR) is 57.0 cm³/mol. The van der Waals surface area contributed by atoms with E-state index in [1.807, 2.05) is 19.2 Å². The number of hydrogen-bond acceptors (Lipinski definition) is 4. The molecule has 15 heavy (non-hydrogen) atoms. The second kappa shape index (κ2) is 4.39. The second-order valence-electron chi connectivity index (χ2n) is 3.79. The first-order valence-electron chi connectivity index (χ1n) is 5.05. The van der Waals surface area contributed by atoms with Crippen LogP contribution in [0.25, 0.3) is 0 Å². The summed E-state index contributed by atoms with van der Waals surface area (Å²) < 4.78 is 0. The summed E-state index contributed by atoms with van der Waals surface area (Å²) in [5.74, 6) is 0. The van der Waals surface area contributed by atoms with E-state index in [4.69, 9.17) is 0 Å². The molecule has 0 aromatic carbocycles. The first-order valence-corrected chi connectivity index (χ1v) is 5.05. The molecule has 2 heterocycles. The summed E-state index contributed by atoms with van der Waals surface area (Å²) in [6, 6.07) is 6.44. The zero-order valence-electron chi connectivity index (χ0n) is 8.72. The van der Waals surface area contributed by atoms with Crippen LogP contribution in [0.2, 0.25) is 0 Å². The molecule has 0 spiro atoms. The zero-order chi connectivity index (χ0) is 10.7. The van der Waals surface area contributed by atoms with Crippen LogP contribution in [0, 0.1) is 11.3 Å². The molecule has 0 unspecified atom stereocenters. The molecule has 4 nitrogen and oxygen atoms in total. The molecule has 0 amide bonds. The molecular weight excluding hydrogens is 188 g/mol. The minimum Gasteiger partial charge on any atom is -0.314 e. The van der Waals surface area contributed by atoms with Crippen LogP contribution >= 0.6 is 0 Å². The molecule has 0 aliphatic carbocycles. The molecule has 0 bridgehead atoms. The summed E-state index contributed by atoms with van der Waals surface area (Å²) in [5, 5.41) is 12.4. The van der Waals surface area contributed by atoms with Crippen LogP contribution in [0.5, 0.6) is 0 Å². The summed E-state index contributed by atoms with van der Waals surface area (Å²) >= 11 is 0. The van der Waals surface area contributed by atoms with Crippen LogP contribution in [0.4, 0.5) is 0 Å². The van der Waals surface area contributed by atoms with Crippen LogP contribution in [0.3, 0.4) is 0 Å². The van der Waals surface area contributed by atoms with Gasteiger partial charge >= 0.3 is 0 Å². The molecular formula is C11H14N4. The van der Waals surface area contributed by atoms with Crippen molar-refractivity contribution in [2.24, 2.45) is 0 Å². The standard InChI is InChI=1S/C11H14N4/c1-15(10-7-14-8-10)11(6-12)9-2-4-13-5-3-9/h2-5,10-11,14H,7-8H2,1H3/t11-/m0/s1. The van der Waals surface area contributed by atoms with Crippen molar-refractivity contribution in [3.8, 4) is 6.07 Å². The topological polar surface area (TPSA) is 52.0 Å². The molecule has 0 radical (unpaired) electrons. The van der Waals surface area contributed by atoms with E-state index in [9.17, 15) is 5.26 Å². The molecule has 1 fully saturated rings. The maximum absolute atomic E-state index is 9.19. The largest absolute Gasteiger partial charge is 0.314 e. The molecule has 1 aliphatic heterocycles. The number of pyridine rings is 1. The fourth-order valence-electron chi connectivity index (χ4n) is 1.72. The fraction of sp³-hybridized carbons (Fsp3) is 0.455. The summed E-state index contributed by atoms with van der Waals surface area (Å²) in [4.78, 5) is 6.08. The Labute approximate surface area is 89.5 Å². The Bertz CT molecular complexity index is 353. The Kier molecular flexibility index (Phi) is 2.95. The molecule has 1 aliphatic rings. The van der Waals surface area contributed by atoms with Gasteiger partial charge < -0.3 is 5.32 Å². The Hall–Kier alpha value is -1.44. The number of rotatable bonds is 3. The lowest BCUT2D eigenvalue weighted by atomic mass is 10.0. The van der Waals surface area contributed by atoms with Gasteiger partial charge in [-0.3, -0.25) is 9.88 Å². The minimum absolute atomic E-state index is 0.167. The van der Waals surface area contributed by atoms with Crippen molar-refractivity contribution < 1.29 is 0 Å². The van der Waals surface area contributed by atoms with Gasteiger partial charge in [0, 0.05) is 31.5 Å². The summed E-state index contributed by atoms with van der Waals surface area (Å²) in [6.07, 6.45) is 3.46. The Morgan fingerprint density at radius 1 is 1.53 bits per heavy atom. The number of nitriles is 1. The van der Waals surface area contributed by atoms with Crippen molar-refractivity contribution >= 4 is 0 Å². The molecule has 0 saturated carbocycles. The quantitative estimate of drug-likeness (QED) is 0.777. The lowest BCUT2D eigenvalue weighted by Crippen LogP contribution is -2.56. The molecule has 78 valence electrons. The van der Waals surface area contributed by atoms with Gasteiger partial charge in [-0.15, -0.1) is 0 Å². The van der Waals surface area contributed by atoms with E-state index in [1.54, 1.807) is 12.4 Å². The third kappa shape index (κ3) is 1.99. The number of nitrogens with one attached hydrogen (secondary N) is 1. The molecule has 4 heteroatoms. The van der Waals surface area contributed by atoms with Gasteiger partial charge in [0.1, 0.15) is 6.04 Å². The summed E-state index contributed by atoms with van der Waals surface area (Å²) in [6.45, 7) is 1.94.